The summed E-state index contributed by atoms with van der Waals surface area (Å²) in [5.41, 5.74) is -1.22. The van der Waals surface area contributed by atoms with Gasteiger partial charge >= 0.3 is 12.0 Å². The number of hydrogen-bond acceptors (Lipinski definition) is 2. The van der Waals surface area contributed by atoms with Gasteiger partial charge in [0.25, 0.3) is 0 Å². The Balaban J connectivity index is 2.43. The van der Waals surface area contributed by atoms with Crippen LogP contribution in [-0.4, -0.2) is 41.1 Å². The fraction of sp³-hybridized carbons (Fsp3) is 0.833. The van der Waals surface area contributed by atoms with Crippen molar-refractivity contribution < 1.29 is 14.7 Å². The first-order valence-electron chi connectivity index (χ1n) is 6.09. The van der Waals surface area contributed by atoms with Gasteiger partial charge in [-0.25, -0.2) is 9.59 Å². The summed E-state index contributed by atoms with van der Waals surface area (Å²) in [5.74, 6) is -0.459. The van der Waals surface area contributed by atoms with Crippen molar-refractivity contribution in [3.8, 4) is 0 Å². The summed E-state index contributed by atoms with van der Waals surface area (Å²) in [6, 6.07) is -0.315. The van der Waals surface area contributed by atoms with E-state index in [4.69, 9.17) is 5.11 Å². The van der Waals surface area contributed by atoms with Gasteiger partial charge in [-0.05, 0) is 32.6 Å². The van der Waals surface area contributed by atoms with Gasteiger partial charge in [0.05, 0.1) is 0 Å². The highest BCUT2D eigenvalue weighted by Crippen LogP contribution is 2.25. The number of amides is 2. The van der Waals surface area contributed by atoms with E-state index in [1.807, 2.05) is 0 Å². The van der Waals surface area contributed by atoms with Crippen molar-refractivity contribution >= 4 is 12.0 Å². The molecule has 0 aliphatic heterocycles. The lowest BCUT2D eigenvalue weighted by molar-refractivity contribution is -0.143. The van der Waals surface area contributed by atoms with E-state index in [2.05, 4.69) is 5.32 Å². The van der Waals surface area contributed by atoms with Gasteiger partial charge in [0.15, 0.2) is 0 Å². The topological polar surface area (TPSA) is 69.6 Å². The molecule has 1 rings (SSSR count). The largest absolute Gasteiger partial charge is 0.480 e. The number of urea groups is 1. The van der Waals surface area contributed by atoms with E-state index in [9.17, 15) is 9.59 Å². The van der Waals surface area contributed by atoms with Gasteiger partial charge in [-0.15, -0.1) is 0 Å². The first-order chi connectivity index (χ1) is 7.83. The second-order valence-electron chi connectivity index (χ2n) is 5.39. The molecule has 0 saturated heterocycles. The number of carbonyl (C=O) groups excluding carboxylic acids is 1. The van der Waals surface area contributed by atoms with E-state index in [1.165, 1.54) is 39.5 Å². The van der Waals surface area contributed by atoms with E-state index in [0.29, 0.717) is 12.5 Å². The predicted molar refractivity (Wildman–Crippen MR) is 64.8 cm³/mol. The molecule has 98 valence electrons. The van der Waals surface area contributed by atoms with Crippen molar-refractivity contribution in [2.45, 2.75) is 45.1 Å². The van der Waals surface area contributed by atoms with Crippen molar-refractivity contribution in [2.24, 2.45) is 5.92 Å². The van der Waals surface area contributed by atoms with E-state index < -0.39 is 11.5 Å². The summed E-state index contributed by atoms with van der Waals surface area (Å²) >= 11 is 0. The molecule has 0 aromatic heterocycles. The van der Waals surface area contributed by atoms with Crippen molar-refractivity contribution in [1.29, 1.82) is 0 Å². The Bertz CT molecular complexity index is 296. The van der Waals surface area contributed by atoms with E-state index in [0.717, 1.165) is 0 Å². The second-order valence-corrected chi connectivity index (χ2v) is 5.39. The zero-order valence-corrected chi connectivity index (χ0v) is 10.8. The minimum Gasteiger partial charge on any atom is -0.480 e. The Hall–Kier alpha value is -1.26. The van der Waals surface area contributed by atoms with Crippen LogP contribution in [0.2, 0.25) is 0 Å². The lowest BCUT2D eigenvalue weighted by Gasteiger charge is -2.27. The fourth-order valence-corrected chi connectivity index (χ4v) is 2.08. The molecule has 0 radical (unpaired) electrons. The van der Waals surface area contributed by atoms with Gasteiger partial charge < -0.3 is 15.3 Å². The van der Waals surface area contributed by atoms with Gasteiger partial charge in [0, 0.05) is 13.6 Å². The van der Waals surface area contributed by atoms with Crippen LogP contribution in [0.5, 0.6) is 0 Å². The normalized spacial score (nSPS) is 16.9. The second kappa shape index (κ2) is 5.38. The third-order valence-electron chi connectivity index (χ3n) is 3.31. The summed E-state index contributed by atoms with van der Waals surface area (Å²) < 4.78 is 0. The van der Waals surface area contributed by atoms with E-state index in [1.54, 1.807) is 11.9 Å². The molecule has 17 heavy (non-hydrogen) atoms. The molecule has 0 heterocycles. The number of hydrogen-bond donors (Lipinski definition) is 2. The van der Waals surface area contributed by atoms with Crippen molar-refractivity contribution in [2.75, 3.05) is 13.6 Å². The molecule has 0 bridgehead atoms. The monoisotopic (exact) mass is 242 g/mol. The van der Waals surface area contributed by atoms with Crippen molar-refractivity contribution in [1.82, 2.24) is 10.2 Å². The van der Waals surface area contributed by atoms with E-state index >= 15 is 0 Å². The quantitative estimate of drug-likeness (QED) is 0.788. The molecule has 5 heteroatoms. The molecule has 0 atom stereocenters. The maximum absolute atomic E-state index is 11.8. The number of carboxylic acids is 1. The molecule has 1 fully saturated rings. The van der Waals surface area contributed by atoms with Gasteiger partial charge in [0.1, 0.15) is 5.54 Å². The van der Waals surface area contributed by atoms with E-state index in [-0.39, 0.29) is 6.03 Å². The number of nitrogens with zero attached hydrogens (tertiary/aromatic N) is 1. The number of carbonyl (C=O) groups is 2. The predicted octanol–water partition coefficient (Wildman–Crippen LogP) is 1.68. The molecule has 5 nitrogen and oxygen atoms in total. The molecule has 0 spiro atoms. The molecule has 2 N–H and O–H groups in total. The smallest absolute Gasteiger partial charge is 0.328 e. The van der Waals surface area contributed by atoms with Crippen LogP contribution in [0.4, 0.5) is 4.79 Å². The summed E-state index contributed by atoms with van der Waals surface area (Å²) in [6.45, 7) is 3.68. The lowest BCUT2D eigenvalue weighted by atomic mass is 10.1. The fourth-order valence-electron chi connectivity index (χ4n) is 2.08. The molecule has 0 unspecified atom stereocenters. The summed E-state index contributed by atoms with van der Waals surface area (Å²) in [7, 11) is 1.71. The van der Waals surface area contributed by atoms with Crippen LogP contribution >= 0.6 is 0 Å². The number of nitrogens with one attached hydrogen (secondary N) is 1. The molecular weight excluding hydrogens is 220 g/mol. The van der Waals surface area contributed by atoms with Crippen LogP contribution in [-0.2, 0) is 4.79 Å². The van der Waals surface area contributed by atoms with Gasteiger partial charge in [-0.1, -0.05) is 12.8 Å². The van der Waals surface area contributed by atoms with Crippen LogP contribution in [0.15, 0.2) is 0 Å². The Morgan fingerprint density at radius 1 is 1.35 bits per heavy atom. The molecule has 0 aromatic carbocycles. The number of aliphatic carboxylic acids is 1. The summed E-state index contributed by atoms with van der Waals surface area (Å²) in [5, 5.41) is 11.4. The third kappa shape index (κ3) is 3.91. The molecular formula is C12H22N2O3. The number of carboxylic acid groups (broad SMARTS) is 1. The third-order valence-corrected chi connectivity index (χ3v) is 3.31. The first-order valence-corrected chi connectivity index (χ1v) is 6.09. The average Bonchev–Trinajstić information content (AvgIpc) is 2.69. The Labute approximate surface area is 102 Å². The number of rotatable bonds is 4. The highest BCUT2D eigenvalue weighted by Gasteiger charge is 2.30. The van der Waals surface area contributed by atoms with Crippen molar-refractivity contribution in [3.05, 3.63) is 0 Å². The van der Waals surface area contributed by atoms with Crippen LogP contribution in [0, 0.1) is 5.92 Å². The Morgan fingerprint density at radius 3 is 2.35 bits per heavy atom. The highest BCUT2D eigenvalue weighted by molar-refractivity contribution is 5.85. The Morgan fingerprint density at radius 2 is 1.88 bits per heavy atom. The molecule has 1 aliphatic carbocycles. The van der Waals surface area contributed by atoms with Gasteiger partial charge in [-0.2, -0.15) is 0 Å². The maximum Gasteiger partial charge on any atom is 0.328 e. The molecule has 1 saturated carbocycles. The minimum atomic E-state index is -1.22. The molecule has 0 aromatic rings. The SMILES string of the molecule is CN(CC1CCCC1)C(=O)NC(C)(C)C(=O)O. The molecule has 2 amide bonds. The minimum absolute atomic E-state index is 0.315. The van der Waals surface area contributed by atoms with Gasteiger partial charge in [0.2, 0.25) is 0 Å². The van der Waals surface area contributed by atoms with Crippen LogP contribution < -0.4 is 5.32 Å². The zero-order valence-electron chi connectivity index (χ0n) is 10.8. The zero-order chi connectivity index (χ0) is 13.1. The lowest BCUT2D eigenvalue weighted by Crippen LogP contribution is -2.54. The van der Waals surface area contributed by atoms with Crippen LogP contribution in [0.25, 0.3) is 0 Å². The molecule has 1 aliphatic rings. The Kier molecular flexibility index (Phi) is 4.37. The summed E-state index contributed by atoms with van der Waals surface area (Å²) in [6.07, 6.45) is 4.81. The first kappa shape index (κ1) is 13.8. The highest BCUT2D eigenvalue weighted by atomic mass is 16.4. The van der Waals surface area contributed by atoms with Crippen LogP contribution in [0.1, 0.15) is 39.5 Å². The summed E-state index contributed by atoms with van der Waals surface area (Å²) in [4.78, 5) is 24.3. The average molecular weight is 242 g/mol. The van der Waals surface area contributed by atoms with Crippen LogP contribution in [0.3, 0.4) is 0 Å². The standard InChI is InChI=1S/C12H22N2O3/c1-12(2,10(15)16)13-11(17)14(3)8-9-6-4-5-7-9/h9H,4-8H2,1-3H3,(H,13,17)(H,15,16). The van der Waals surface area contributed by atoms with Crippen molar-refractivity contribution in [3.63, 3.8) is 0 Å². The maximum atomic E-state index is 11.8. The van der Waals surface area contributed by atoms with Gasteiger partial charge in [-0.3, -0.25) is 0 Å².